The molecule has 0 saturated heterocycles. The van der Waals surface area contributed by atoms with Crippen molar-refractivity contribution in [3.8, 4) is 11.3 Å². The number of pyridine rings is 1. The summed E-state index contributed by atoms with van der Waals surface area (Å²) in [6.07, 6.45) is 6.38. The van der Waals surface area contributed by atoms with Gasteiger partial charge in [0.05, 0.1) is 0 Å². The number of Topliss-reactive ketones (excluding diaryl/α,β-unsaturated/α-hetero) is 1. The topological polar surface area (TPSA) is 63.1 Å². The Morgan fingerprint density at radius 3 is 2.75 bits per heavy atom. The minimum atomic E-state index is -0.0345. The van der Waals surface area contributed by atoms with Gasteiger partial charge in [0.25, 0.3) is 5.56 Å². The number of carbonyl (C=O) groups excluding carboxylic acids is 1. The quantitative estimate of drug-likeness (QED) is 0.865. The zero-order valence-corrected chi connectivity index (χ0v) is 14.5. The molecule has 2 aromatic rings. The SMILES string of the molecule is CCc1cc(-c2ccc(CCC(=O)C3CCCC3)o2)c(C)[nH]c1=O. The molecule has 4 nitrogen and oxygen atoms in total. The van der Waals surface area contributed by atoms with Gasteiger partial charge in [-0.1, -0.05) is 19.8 Å². The highest BCUT2D eigenvalue weighted by molar-refractivity contribution is 5.81. The lowest BCUT2D eigenvalue weighted by molar-refractivity contribution is -0.122. The van der Waals surface area contributed by atoms with E-state index in [0.717, 1.165) is 41.2 Å². The molecule has 1 saturated carbocycles. The molecule has 4 heteroatoms. The van der Waals surface area contributed by atoms with Crippen molar-refractivity contribution in [2.75, 3.05) is 0 Å². The van der Waals surface area contributed by atoms with Gasteiger partial charge in [0.1, 0.15) is 17.3 Å². The molecule has 24 heavy (non-hydrogen) atoms. The molecular formula is C20H25NO3. The molecule has 0 spiro atoms. The van der Waals surface area contributed by atoms with E-state index in [2.05, 4.69) is 4.98 Å². The molecule has 2 aromatic heterocycles. The molecule has 128 valence electrons. The van der Waals surface area contributed by atoms with Crippen LogP contribution in [0.1, 0.15) is 56.0 Å². The highest BCUT2D eigenvalue weighted by atomic mass is 16.3. The highest BCUT2D eigenvalue weighted by Gasteiger charge is 2.22. The molecule has 0 unspecified atom stereocenters. The first-order chi connectivity index (χ1) is 11.6. The van der Waals surface area contributed by atoms with Crippen LogP contribution in [-0.4, -0.2) is 10.8 Å². The van der Waals surface area contributed by atoms with Crippen LogP contribution in [0.3, 0.4) is 0 Å². The van der Waals surface area contributed by atoms with Gasteiger partial charge in [0.2, 0.25) is 0 Å². The van der Waals surface area contributed by atoms with Crippen molar-refractivity contribution in [3.63, 3.8) is 0 Å². The molecular weight excluding hydrogens is 302 g/mol. The molecule has 1 fully saturated rings. The van der Waals surface area contributed by atoms with Crippen molar-refractivity contribution >= 4 is 5.78 Å². The van der Waals surface area contributed by atoms with Gasteiger partial charge < -0.3 is 9.40 Å². The Balaban J connectivity index is 1.71. The lowest BCUT2D eigenvalue weighted by Crippen LogP contribution is -2.13. The third-order valence-electron chi connectivity index (χ3n) is 5.05. The third kappa shape index (κ3) is 3.53. The summed E-state index contributed by atoms with van der Waals surface area (Å²) in [7, 11) is 0. The Kier molecular flexibility index (Phi) is 5.03. The van der Waals surface area contributed by atoms with E-state index >= 15 is 0 Å². The molecule has 0 atom stereocenters. The lowest BCUT2D eigenvalue weighted by Gasteiger charge is -2.07. The Labute approximate surface area is 142 Å². The van der Waals surface area contributed by atoms with Gasteiger partial charge in [-0.25, -0.2) is 0 Å². The lowest BCUT2D eigenvalue weighted by atomic mass is 9.98. The van der Waals surface area contributed by atoms with Crippen molar-refractivity contribution < 1.29 is 9.21 Å². The zero-order valence-electron chi connectivity index (χ0n) is 14.5. The van der Waals surface area contributed by atoms with Crippen LogP contribution in [0.5, 0.6) is 0 Å². The fraction of sp³-hybridized carbons (Fsp3) is 0.500. The predicted octanol–water partition coefficient (Wildman–Crippen LogP) is 4.20. The number of carbonyl (C=O) groups is 1. The van der Waals surface area contributed by atoms with E-state index in [1.165, 1.54) is 12.8 Å². The van der Waals surface area contributed by atoms with Gasteiger partial charge in [-0.3, -0.25) is 9.59 Å². The fourth-order valence-corrected chi connectivity index (χ4v) is 3.54. The number of rotatable bonds is 6. The normalized spacial score (nSPS) is 15.1. The van der Waals surface area contributed by atoms with E-state index in [4.69, 9.17) is 4.42 Å². The summed E-state index contributed by atoms with van der Waals surface area (Å²) in [5.74, 6) is 2.23. The molecule has 1 aliphatic rings. The first-order valence-electron chi connectivity index (χ1n) is 8.93. The monoisotopic (exact) mass is 327 g/mol. The van der Waals surface area contributed by atoms with Crippen LogP contribution in [-0.2, 0) is 17.6 Å². The molecule has 0 amide bonds. The molecule has 2 heterocycles. The van der Waals surface area contributed by atoms with Gasteiger partial charge in [-0.2, -0.15) is 0 Å². The van der Waals surface area contributed by atoms with Crippen LogP contribution in [0.4, 0.5) is 0 Å². The van der Waals surface area contributed by atoms with E-state index in [-0.39, 0.29) is 11.5 Å². The second-order valence-corrected chi connectivity index (χ2v) is 6.73. The minimum Gasteiger partial charge on any atom is -0.461 e. The number of ketones is 1. The Morgan fingerprint density at radius 1 is 1.29 bits per heavy atom. The molecule has 1 aliphatic carbocycles. The second-order valence-electron chi connectivity index (χ2n) is 6.73. The standard InChI is InChI=1S/C20H25NO3/c1-3-14-12-17(13(2)21-20(14)23)19-11-9-16(24-19)8-10-18(22)15-6-4-5-7-15/h9,11-12,15H,3-8,10H2,1-2H3,(H,21,23). The first kappa shape index (κ1) is 16.7. The average molecular weight is 327 g/mol. The number of hydrogen-bond acceptors (Lipinski definition) is 3. The Morgan fingerprint density at radius 2 is 2.04 bits per heavy atom. The van der Waals surface area contributed by atoms with E-state index in [1.807, 2.05) is 32.0 Å². The second kappa shape index (κ2) is 7.20. The smallest absolute Gasteiger partial charge is 0.251 e. The van der Waals surface area contributed by atoms with E-state index < -0.39 is 0 Å². The van der Waals surface area contributed by atoms with E-state index in [9.17, 15) is 9.59 Å². The van der Waals surface area contributed by atoms with E-state index in [0.29, 0.717) is 25.0 Å². The molecule has 0 aliphatic heterocycles. The molecule has 3 rings (SSSR count). The molecule has 1 N–H and O–H groups in total. The van der Waals surface area contributed by atoms with Gasteiger partial charge in [0.15, 0.2) is 0 Å². The number of nitrogens with one attached hydrogen (secondary N) is 1. The highest BCUT2D eigenvalue weighted by Crippen LogP contribution is 2.28. The minimum absolute atomic E-state index is 0.0345. The molecule has 0 bridgehead atoms. The summed E-state index contributed by atoms with van der Waals surface area (Å²) in [5, 5.41) is 0. The Bertz CT molecular complexity index is 778. The summed E-state index contributed by atoms with van der Waals surface area (Å²) in [6.45, 7) is 3.84. The third-order valence-corrected chi connectivity index (χ3v) is 5.05. The first-order valence-corrected chi connectivity index (χ1v) is 8.93. The van der Waals surface area contributed by atoms with Crippen molar-refractivity contribution in [2.45, 2.75) is 58.8 Å². The van der Waals surface area contributed by atoms with Crippen LogP contribution < -0.4 is 5.56 Å². The maximum absolute atomic E-state index is 12.2. The maximum atomic E-state index is 12.2. The van der Waals surface area contributed by atoms with Crippen LogP contribution >= 0.6 is 0 Å². The Hall–Kier alpha value is -2.10. The van der Waals surface area contributed by atoms with Crippen LogP contribution in [0.25, 0.3) is 11.3 Å². The van der Waals surface area contributed by atoms with Crippen LogP contribution in [0.15, 0.2) is 27.4 Å². The number of hydrogen-bond donors (Lipinski definition) is 1. The number of aryl methyl sites for hydroxylation is 3. The number of aromatic amines is 1. The van der Waals surface area contributed by atoms with Crippen molar-refractivity contribution in [2.24, 2.45) is 5.92 Å². The summed E-state index contributed by atoms with van der Waals surface area (Å²) in [4.78, 5) is 26.9. The maximum Gasteiger partial charge on any atom is 0.251 e. The van der Waals surface area contributed by atoms with Gasteiger partial charge in [-0.15, -0.1) is 0 Å². The summed E-state index contributed by atoms with van der Waals surface area (Å²) in [5.41, 5.74) is 2.44. The molecule has 0 aromatic carbocycles. The summed E-state index contributed by atoms with van der Waals surface area (Å²) < 4.78 is 5.93. The average Bonchev–Trinajstić information content (AvgIpc) is 3.24. The summed E-state index contributed by atoms with van der Waals surface area (Å²) >= 11 is 0. The summed E-state index contributed by atoms with van der Waals surface area (Å²) in [6, 6.07) is 5.77. The van der Waals surface area contributed by atoms with Crippen LogP contribution in [0, 0.1) is 12.8 Å². The van der Waals surface area contributed by atoms with Gasteiger partial charge in [-0.05, 0) is 44.4 Å². The predicted molar refractivity (Wildman–Crippen MR) is 94.2 cm³/mol. The zero-order chi connectivity index (χ0) is 17.1. The van der Waals surface area contributed by atoms with Crippen LogP contribution in [0.2, 0.25) is 0 Å². The van der Waals surface area contributed by atoms with Crippen molar-refractivity contribution in [1.82, 2.24) is 4.98 Å². The fourth-order valence-electron chi connectivity index (χ4n) is 3.54. The number of H-pyrrole nitrogens is 1. The van der Waals surface area contributed by atoms with Gasteiger partial charge >= 0.3 is 0 Å². The van der Waals surface area contributed by atoms with Crippen molar-refractivity contribution in [1.29, 1.82) is 0 Å². The van der Waals surface area contributed by atoms with Crippen molar-refractivity contribution in [3.05, 3.63) is 45.6 Å². The van der Waals surface area contributed by atoms with Gasteiger partial charge in [0, 0.05) is 35.6 Å². The largest absolute Gasteiger partial charge is 0.461 e. The number of aromatic nitrogens is 1. The molecule has 0 radical (unpaired) electrons. The number of furan rings is 1. The van der Waals surface area contributed by atoms with E-state index in [1.54, 1.807) is 0 Å².